The standard InChI is InChI=1S/C24H24N2O2S/c27-23(17-29-22-11-10-18-6-4-5-9-20(18)16-22)26-14-12-21(13-15-26)25-24(28)19-7-2-1-3-8-19/h1-11,16,21H,12-15,17H2,(H,25,28). The van der Waals surface area contributed by atoms with E-state index in [2.05, 4.69) is 35.6 Å². The number of hydrogen-bond acceptors (Lipinski definition) is 3. The van der Waals surface area contributed by atoms with E-state index in [0.717, 1.165) is 17.7 Å². The normalized spacial score (nSPS) is 14.7. The highest BCUT2D eigenvalue weighted by Gasteiger charge is 2.24. The molecule has 1 aliphatic rings. The van der Waals surface area contributed by atoms with Crippen molar-refractivity contribution < 1.29 is 9.59 Å². The molecule has 148 valence electrons. The van der Waals surface area contributed by atoms with Gasteiger partial charge in [-0.3, -0.25) is 9.59 Å². The van der Waals surface area contributed by atoms with Crippen LogP contribution in [0.1, 0.15) is 23.2 Å². The molecule has 0 saturated carbocycles. The second kappa shape index (κ2) is 9.14. The van der Waals surface area contributed by atoms with Crippen LogP contribution >= 0.6 is 11.8 Å². The van der Waals surface area contributed by atoms with Gasteiger partial charge in [-0.2, -0.15) is 0 Å². The number of thioether (sulfide) groups is 1. The number of piperidine rings is 1. The minimum absolute atomic E-state index is 0.0396. The average Bonchev–Trinajstić information content (AvgIpc) is 2.78. The summed E-state index contributed by atoms with van der Waals surface area (Å²) in [6.45, 7) is 1.38. The number of benzene rings is 3. The number of fused-ring (bicyclic) bond motifs is 1. The number of hydrogen-bond donors (Lipinski definition) is 1. The van der Waals surface area contributed by atoms with Gasteiger partial charge in [-0.1, -0.05) is 48.5 Å². The van der Waals surface area contributed by atoms with Crippen molar-refractivity contribution in [1.82, 2.24) is 10.2 Å². The first-order valence-electron chi connectivity index (χ1n) is 9.94. The Bertz CT molecular complexity index is 998. The number of likely N-dealkylation sites (tertiary alicyclic amines) is 1. The Morgan fingerprint density at radius 3 is 2.34 bits per heavy atom. The molecule has 0 aliphatic carbocycles. The summed E-state index contributed by atoms with van der Waals surface area (Å²) >= 11 is 1.58. The summed E-state index contributed by atoms with van der Waals surface area (Å²) in [5, 5.41) is 5.49. The van der Waals surface area contributed by atoms with Gasteiger partial charge in [-0.25, -0.2) is 0 Å². The zero-order valence-corrected chi connectivity index (χ0v) is 17.0. The molecule has 1 N–H and O–H groups in total. The number of rotatable bonds is 5. The zero-order chi connectivity index (χ0) is 20.1. The van der Waals surface area contributed by atoms with E-state index in [-0.39, 0.29) is 17.9 Å². The van der Waals surface area contributed by atoms with Crippen LogP contribution in [0, 0.1) is 0 Å². The van der Waals surface area contributed by atoms with E-state index in [1.807, 2.05) is 47.4 Å². The maximum absolute atomic E-state index is 12.6. The van der Waals surface area contributed by atoms with E-state index >= 15 is 0 Å². The van der Waals surface area contributed by atoms with Gasteiger partial charge in [-0.05, 0) is 47.9 Å². The first-order chi connectivity index (χ1) is 14.2. The fourth-order valence-electron chi connectivity index (χ4n) is 3.63. The molecule has 0 aromatic heterocycles. The van der Waals surface area contributed by atoms with Crippen LogP contribution in [-0.2, 0) is 4.79 Å². The van der Waals surface area contributed by atoms with Crippen molar-refractivity contribution >= 4 is 34.3 Å². The first-order valence-corrected chi connectivity index (χ1v) is 10.9. The largest absolute Gasteiger partial charge is 0.349 e. The molecule has 4 rings (SSSR count). The molecule has 2 amide bonds. The molecule has 29 heavy (non-hydrogen) atoms. The van der Waals surface area contributed by atoms with Gasteiger partial charge >= 0.3 is 0 Å². The monoisotopic (exact) mass is 404 g/mol. The Hall–Kier alpha value is -2.79. The van der Waals surface area contributed by atoms with Crippen LogP contribution < -0.4 is 5.32 Å². The summed E-state index contributed by atoms with van der Waals surface area (Å²) in [5.41, 5.74) is 0.679. The van der Waals surface area contributed by atoms with Crippen molar-refractivity contribution in [3.05, 3.63) is 78.4 Å². The van der Waals surface area contributed by atoms with Crippen LogP contribution in [0.4, 0.5) is 0 Å². The molecule has 0 atom stereocenters. The van der Waals surface area contributed by atoms with Crippen molar-refractivity contribution in [3.8, 4) is 0 Å². The molecular formula is C24H24N2O2S. The number of carbonyl (C=O) groups excluding carboxylic acids is 2. The molecule has 0 bridgehead atoms. The van der Waals surface area contributed by atoms with Crippen molar-refractivity contribution in [2.24, 2.45) is 0 Å². The molecule has 0 spiro atoms. The Labute approximate surface area is 175 Å². The van der Waals surface area contributed by atoms with E-state index in [1.165, 1.54) is 10.8 Å². The van der Waals surface area contributed by atoms with Gasteiger partial charge in [-0.15, -0.1) is 11.8 Å². The number of nitrogens with zero attached hydrogens (tertiary/aromatic N) is 1. The van der Waals surface area contributed by atoms with Crippen molar-refractivity contribution in [2.45, 2.75) is 23.8 Å². The number of nitrogens with one attached hydrogen (secondary N) is 1. The molecule has 0 unspecified atom stereocenters. The van der Waals surface area contributed by atoms with Gasteiger partial charge < -0.3 is 10.2 Å². The highest BCUT2D eigenvalue weighted by Crippen LogP contribution is 2.24. The Kier molecular flexibility index (Phi) is 6.15. The molecule has 3 aromatic carbocycles. The fraction of sp³-hybridized carbons (Fsp3) is 0.250. The van der Waals surface area contributed by atoms with Gasteiger partial charge in [0, 0.05) is 29.6 Å². The summed E-state index contributed by atoms with van der Waals surface area (Å²) in [5.74, 6) is 0.567. The lowest BCUT2D eigenvalue weighted by molar-refractivity contribution is -0.129. The van der Waals surface area contributed by atoms with Crippen LogP contribution in [0.25, 0.3) is 10.8 Å². The Balaban J connectivity index is 1.25. The molecule has 1 fully saturated rings. The third kappa shape index (κ3) is 4.98. The molecule has 1 aliphatic heterocycles. The van der Waals surface area contributed by atoms with Gasteiger partial charge in [0.25, 0.3) is 5.91 Å². The fourth-order valence-corrected chi connectivity index (χ4v) is 4.47. The van der Waals surface area contributed by atoms with E-state index < -0.39 is 0 Å². The third-order valence-electron chi connectivity index (χ3n) is 5.30. The van der Waals surface area contributed by atoms with Gasteiger partial charge in [0.15, 0.2) is 0 Å². The lowest BCUT2D eigenvalue weighted by Crippen LogP contribution is -2.47. The Morgan fingerprint density at radius 1 is 0.897 bits per heavy atom. The summed E-state index contributed by atoms with van der Waals surface area (Å²) < 4.78 is 0. The second-order valence-electron chi connectivity index (χ2n) is 7.29. The minimum Gasteiger partial charge on any atom is -0.349 e. The van der Waals surface area contributed by atoms with Gasteiger partial charge in [0.2, 0.25) is 5.91 Å². The van der Waals surface area contributed by atoms with E-state index in [0.29, 0.717) is 24.4 Å². The minimum atomic E-state index is -0.0396. The summed E-state index contributed by atoms with van der Waals surface area (Å²) in [6, 6.07) is 23.9. The molecule has 3 aromatic rings. The number of carbonyl (C=O) groups is 2. The van der Waals surface area contributed by atoms with Crippen molar-refractivity contribution in [1.29, 1.82) is 0 Å². The maximum atomic E-state index is 12.6. The molecule has 1 heterocycles. The predicted octanol–water partition coefficient (Wildman–Crippen LogP) is 4.35. The summed E-state index contributed by atoms with van der Waals surface area (Å²) in [4.78, 5) is 27.9. The lowest BCUT2D eigenvalue weighted by Gasteiger charge is -2.32. The van der Waals surface area contributed by atoms with Gasteiger partial charge in [0.05, 0.1) is 5.75 Å². The predicted molar refractivity (Wildman–Crippen MR) is 118 cm³/mol. The Morgan fingerprint density at radius 2 is 1.59 bits per heavy atom. The highest BCUT2D eigenvalue weighted by molar-refractivity contribution is 8.00. The molecule has 5 heteroatoms. The smallest absolute Gasteiger partial charge is 0.251 e. The van der Waals surface area contributed by atoms with Crippen LogP contribution in [0.5, 0.6) is 0 Å². The van der Waals surface area contributed by atoms with Gasteiger partial charge in [0.1, 0.15) is 0 Å². The number of amides is 2. The van der Waals surface area contributed by atoms with Crippen LogP contribution in [0.15, 0.2) is 77.7 Å². The molecule has 0 radical (unpaired) electrons. The highest BCUT2D eigenvalue weighted by atomic mass is 32.2. The van der Waals surface area contributed by atoms with Crippen molar-refractivity contribution in [2.75, 3.05) is 18.8 Å². The van der Waals surface area contributed by atoms with E-state index in [9.17, 15) is 9.59 Å². The van der Waals surface area contributed by atoms with Crippen LogP contribution in [0.3, 0.4) is 0 Å². The first kappa shape index (κ1) is 19.5. The second-order valence-corrected chi connectivity index (χ2v) is 8.34. The molecule has 1 saturated heterocycles. The topological polar surface area (TPSA) is 49.4 Å². The summed E-state index contributed by atoms with van der Waals surface area (Å²) in [6.07, 6.45) is 1.59. The van der Waals surface area contributed by atoms with Crippen molar-refractivity contribution in [3.63, 3.8) is 0 Å². The average molecular weight is 405 g/mol. The van der Waals surface area contributed by atoms with E-state index in [4.69, 9.17) is 0 Å². The lowest BCUT2D eigenvalue weighted by atomic mass is 10.0. The molecular weight excluding hydrogens is 380 g/mol. The van der Waals surface area contributed by atoms with Crippen LogP contribution in [0.2, 0.25) is 0 Å². The van der Waals surface area contributed by atoms with E-state index in [1.54, 1.807) is 11.8 Å². The molecule has 4 nitrogen and oxygen atoms in total. The van der Waals surface area contributed by atoms with Crippen LogP contribution in [-0.4, -0.2) is 41.6 Å². The quantitative estimate of drug-likeness (QED) is 0.643. The summed E-state index contributed by atoms with van der Waals surface area (Å²) in [7, 11) is 0. The maximum Gasteiger partial charge on any atom is 0.251 e. The third-order valence-corrected chi connectivity index (χ3v) is 6.28. The SMILES string of the molecule is O=C(NC1CCN(C(=O)CSc2ccc3ccccc3c2)CC1)c1ccccc1. The zero-order valence-electron chi connectivity index (χ0n) is 16.2.